The van der Waals surface area contributed by atoms with Crippen molar-refractivity contribution >= 4 is 33.1 Å². The van der Waals surface area contributed by atoms with Crippen LogP contribution in [0.15, 0.2) is 61.2 Å². The molecular weight excluding hydrogens is 431 g/mol. The molecular formula is C20H16F3N5O2S. The summed E-state index contributed by atoms with van der Waals surface area (Å²) in [6, 6.07) is 13.0. The number of nitrogens with zero attached hydrogens (tertiary/aromatic N) is 4. The van der Waals surface area contributed by atoms with Crippen LogP contribution in [0.1, 0.15) is 17.0 Å². The Hall–Kier alpha value is -3.31. The predicted molar refractivity (Wildman–Crippen MR) is 108 cm³/mol. The second-order valence-corrected chi connectivity index (χ2v) is 7.89. The molecule has 7 nitrogen and oxygen atoms in total. The first-order valence-electron chi connectivity index (χ1n) is 9.11. The van der Waals surface area contributed by atoms with Gasteiger partial charge in [0.15, 0.2) is 0 Å². The van der Waals surface area contributed by atoms with Crippen LogP contribution in [0.2, 0.25) is 0 Å². The Bertz CT molecular complexity index is 1160. The van der Waals surface area contributed by atoms with Crippen molar-refractivity contribution in [2.75, 3.05) is 5.32 Å². The first-order valence-corrected chi connectivity index (χ1v) is 9.93. The van der Waals surface area contributed by atoms with Crippen molar-refractivity contribution in [3.05, 3.63) is 71.8 Å². The molecule has 2 aromatic heterocycles. The van der Waals surface area contributed by atoms with Crippen molar-refractivity contribution in [3.63, 3.8) is 0 Å². The monoisotopic (exact) mass is 447 g/mol. The summed E-state index contributed by atoms with van der Waals surface area (Å²) in [5.41, 5.74) is -1.90. The average molecular weight is 447 g/mol. The number of aliphatic hydroxyl groups is 1. The lowest BCUT2D eigenvalue weighted by Gasteiger charge is -2.27. The molecule has 4 aromatic rings. The minimum atomic E-state index is -5.08. The van der Waals surface area contributed by atoms with Gasteiger partial charge in [-0.3, -0.25) is 4.79 Å². The summed E-state index contributed by atoms with van der Waals surface area (Å²) >= 11 is 0.709. The van der Waals surface area contributed by atoms with E-state index in [1.807, 2.05) is 0 Å². The minimum absolute atomic E-state index is 0.307. The van der Waals surface area contributed by atoms with Gasteiger partial charge in [0.05, 0.1) is 23.2 Å². The highest BCUT2D eigenvalue weighted by molar-refractivity contribution is 7.18. The molecule has 1 atom stereocenters. The van der Waals surface area contributed by atoms with Gasteiger partial charge in [-0.2, -0.15) is 18.3 Å². The van der Waals surface area contributed by atoms with Crippen LogP contribution in [-0.4, -0.2) is 36.9 Å². The van der Waals surface area contributed by atoms with E-state index in [4.69, 9.17) is 0 Å². The molecule has 0 saturated heterocycles. The zero-order valence-electron chi connectivity index (χ0n) is 15.9. The van der Waals surface area contributed by atoms with Crippen LogP contribution in [0.25, 0.3) is 10.2 Å². The van der Waals surface area contributed by atoms with Crippen LogP contribution in [0.4, 0.5) is 18.9 Å². The van der Waals surface area contributed by atoms with Crippen LogP contribution in [-0.2, 0) is 16.9 Å². The minimum Gasteiger partial charge on any atom is -0.374 e. The molecule has 1 unspecified atom stereocenters. The lowest BCUT2D eigenvalue weighted by Crippen LogP contribution is -2.45. The molecule has 0 fully saturated rings. The Morgan fingerprint density at radius 2 is 1.87 bits per heavy atom. The van der Waals surface area contributed by atoms with Gasteiger partial charge in [0.25, 0.3) is 0 Å². The maximum Gasteiger partial charge on any atom is 0.424 e. The average Bonchev–Trinajstić information content (AvgIpc) is 3.38. The van der Waals surface area contributed by atoms with Crippen LogP contribution in [0.5, 0.6) is 0 Å². The first-order chi connectivity index (χ1) is 14.7. The van der Waals surface area contributed by atoms with E-state index in [1.54, 1.807) is 59.5 Å². The number of rotatable bonds is 6. The maximum absolute atomic E-state index is 13.8. The Balaban J connectivity index is 1.50. The lowest BCUT2D eigenvalue weighted by atomic mass is 9.99. The van der Waals surface area contributed by atoms with Gasteiger partial charge in [0, 0.05) is 5.69 Å². The molecule has 0 radical (unpaired) electrons. The normalized spacial score (nSPS) is 13.8. The smallest absolute Gasteiger partial charge is 0.374 e. The van der Waals surface area contributed by atoms with Gasteiger partial charge in [0.2, 0.25) is 11.5 Å². The van der Waals surface area contributed by atoms with Crippen LogP contribution in [0.3, 0.4) is 0 Å². The van der Waals surface area contributed by atoms with Gasteiger partial charge in [-0.25, -0.2) is 14.6 Å². The number of amides is 1. The van der Waals surface area contributed by atoms with Crippen molar-refractivity contribution in [1.82, 2.24) is 19.7 Å². The first kappa shape index (κ1) is 20.9. The van der Waals surface area contributed by atoms with Crippen LogP contribution >= 0.6 is 11.3 Å². The maximum atomic E-state index is 13.8. The highest BCUT2D eigenvalue weighted by atomic mass is 32.1. The van der Waals surface area contributed by atoms with Gasteiger partial charge in [0.1, 0.15) is 17.7 Å². The largest absolute Gasteiger partial charge is 0.424 e. The second-order valence-electron chi connectivity index (χ2n) is 6.86. The number of hydrogen-bond donors (Lipinski definition) is 2. The van der Waals surface area contributed by atoms with Crippen molar-refractivity contribution in [1.29, 1.82) is 0 Å². The highest BCUT2D eigenvalue weighted by Gasteiger charge is 2.58. The molecule has 0 bridgehead atoms. The summed E-state index contributed by atoms with van der Waals surface area (Å²) < 4.78 is 43.4. The quantitative estimate of drug-likeness (QED) is 0.470. The summed E-state index contributed by atoms with van der Waals surface area (Å²) in [6.45, 7) is 0.458. The number of thiazole rings is 1. The molecule has 0 aliphatic rings. The highest BCUT2D eigenvalue weighted by Crippen LogP contribution is 2.44. The molecule has 11 heteroatoms. The number of fused-ring (bicyclic) bond motifs is 1. The molecule has 2 heterocycles. The molecule has 0 aliphatic heterocycles. The fourth-order valence-corrected chi connectivity index (χ4v) is 4.05. The van der Waals surface area contributed by atoms with E-state index >= 15 is 0 Å². The zero-order chi connectivity index (χ0) is 22.1. The summed E-state index contributed by atoms with van der Waals surface area (Å²) in [5, 5.41) is 16.3. The Morgan fingerprint density at radius 1 is 1.13 bits per heavy atom. The number of aromatic nitrogens is 4. The lowest BCUT2D eigenvalue weighted by molar-refractivity contribution is -0.266. The number of hydrogen-bond acceptors (Lipinski definition) is 6. The molecule has 2 N–H and O–H groups in total. The van der Waals surface area contributed by atoms with Crippen molar-refractivity contribution in [3.8, 4) is 0 Å². The molecule has 0 saturated carbocycles. The van der Waals surface area contributed by atoms with E-state index in [9.17, 15) is 23.1 Å². The van der Waals surface area contributed by atoms with E-state index in [0.717, 1.165) is 5.56 Å². The standard InChI is InChI=1S/C20H16F3N5O2S/c21-20(22,23)19(30,18-27-15-3-1-2-4-16(15)31-18)9-17(29)26-14-7-5-13(6-8-14)10-28-12-24-11-25-28/h1-8,11-12,30H,9-10H2,(H,26,29). The van der Waals surface area contributed by atoms with Crippen molar-refractivity contribution < 1.29 is 23.1 Å². The van der Waals surface area contributed by atoms with Gasteiger partial charge in [-0.05, 0) is 29.8 Å². The number of halogens is 3. The molecule has 2 aromatic carbocycles. The fraction of sp³-hybridized carbons (Fsp3) is 0.200. The van der Waals surface area contributed by atoms with Gasteiger partial charge >= 0.3 is 6.18 Å². The summed E-state index contributed by atoms with van der Waals surface area (Å²) in [4.78, 5) is 20.1. The number of para-hydroxylation sites is 1. The molecule has 4 rings (SSSR count). The number of carbonyl (C=O) groups excluding carboxylic acids is 1. The Morgan fingerprint density at radius 3 is 2.52 bits per heavy atom. The van der Waals surface area contributed by atoms with Gasteiger partial charge in [-0.15, -0.1) is 11.3 Å². The van der Waals surface area contributed by atoms with E-state index < -0.39 is 29.1 Å². The van der Waals surface area contributed by atoms with Crippen LogP contribution < -0.4 is 5.32 Å². The van der Waals surface area contributed by atoms with E-state index in [-0.39, 0.29) is 0 Å². The summed E-state index contributed by atoms with van der Waals surface area (Å²) in [6.07, 6.45) is -3.34. The third kappa shape index (κ3) is 4.42. The topological polar surface area (TPSA) is 92.9 Å². The molecule has 31 heavy (non-hydrogen) atoms. The molecule has 1 amide bonds. The number of anilines is 1. The third-order valence-electron chi connectivity index (χ3n) is 4.58. The third-order valence-corrected chi connectivity index (χ3v) is 5.77. The van der Waals surface area contributed by atoms with E-state index in [1.165, 1.54) is 6.33 Å². The zero-order valence-corrected chi connectivity index (χ0v) is 16.7. The Kier molecular flexibility index (Phi) is 5.46. The second kappa shape index (κ2) is 8.08. The number of carbonyl (C=O) groups is 1. The SMILES string of the molecule is O=C(CC(O)(c1nc2ccccc2s1)C(F)(F)F)Nc1ccc(Cn2cncn2)cc1. The Labute approximate surface area is 178 Å². The van der Waals surface area contributed by atoms with Gasteiger partial charge in [-0.1, -0.05) is 24.3 Å². The molecule has 160 valence electrons. The molecule has 0 spiro atoms. The van der Waals surface area contributed by atoms with Crippen molar-refractivity contribution in [2.24, 2.45) is 0 Å². The van der Waals surface area contributed by atoms with Gasteiger partial charge < -0.3 is 10.4 Å². The molecule has 0 aliphatic carbocycles. The summed E-state index contributed by atoms with van der Waals surface area (Å²) in [5.74, 6) is -0.983. The predicted octanol–water partition coefficient (Wildman–Crippen LogP) is 3.71. The van der Waals surface area contributed by atoms with E-state index in [2.05, 4.69) is 20.4 Å². The van der Waals surface area contributed by atoms with E-state index in [0.29, 0.717) is 33.8 Å². The number of benzene rings is 2. The number of nitrogens with one attached hydrogen (secondary N) is 1. The summed E-state index contributed by atoms with van der Waals surface area (Å²) in [7, 11) is 0. The van der Waals surface area contributed by atoms with Crippen LogP contribution in [0, 0.1) is 0 Å². The fourth-order valence-electron chi connectivity index (χ4n) is 2.98. The van der Waals surface area contributed by atoms with Crippen molar-refractivity contribution in [2.45, 2.75) is 24.7 Å². The number of alkyl halides is 3.